The number of hydrogen-bond acceptors (Lipinski definition) is 0. The van der Waals surface area contributed by atoms with Crippen molar-refractivity contribution in [3.05, 3.63) is 70.4 Å². The molecule has 2 heteroatoms. The van der Waals surface area contributed by atoms with E-state index in [2.05, 4.69) is 48.4 Å². The van der Waals surface area contributed by atoms with Crippen LogP contribution in [0.5, 0.6) is 0 Å². The normalized spacial score (nSPS) is 11.1. The van der Waals surface area contributed by atoms with Crippen molar-refractivity contribution < 1.29 is 0 Å². The van der Waals surface area contributed by atoms with Crippen LogP contribution in [0.25, 0.3) is 10.9 Å². The molecular formula is C18H18ClN. The van der Waals surface area contributed by atoms with Crippen molar-refractivity contribution in [1.82, 2.24) is 4.98 Å². The Labute approximate surface area is 124 Å². The number of benzene rings is 2. The number of hydrogen-bond donors (Lipinski definition) is 1. The van der Waals surface area contributed by atoms with Crippen LogP contribution in [0.1, 0.15) is 23.6 Å². The zero-order chi connectivity index (χ0) is 13.9. The van der Waals surface area contributed by atoms with Crippen LogP contribution in [-0.2, 0) is 19.3 Å². The molecule has 1 N–H and O–H groups in total. The highest BCUT2D eigenvalue weighted by Gasteiger charge is 2.06. The smallest absolute Gasteiger partial charge is 0.0457 e. The molecule has 1 aromatic heterocycles. The van der Waals surface area contributed by atoms with E-state index in [1.165, 1.54) is 22.1 Å². The predicted octanol–water partition coefficient (Wildman–Crippen LogP) is 5.17. The third kappa shape index (κ3) is 2.59. The van der Waals surface area contributed by atoms with Gasteiger partial charge >= 0.3 is 0 Å². The fourth-order valence-corrected chi connectivity index (χ4v) is 2.95. The fourth-order valence-electron chi connectivity index (χ4n) is 2.77. The average Bonchev–Trinajstić information content (AvgIpc) is 2.87. The lowest BCUT2D eigenvalue weighted by molar-refractivity contribution is 0.937. The summed E-state index contributed by atoms with van der Waals surface area (Å²) in [7, 11) is 0. The molecule has 102 valence electrons. The molecule has 0 saturated heterocycles. The van der Waals surface area contributed by atoms with Crippen molar-refractivity contribution in [2.24, 2.45) is 0 Å². The first-order valence-corrected chi connectivity index (χ1v) is 7.48. The highest BCUT2D eigenvalue weighted by atomic mass is 35.5. The SMILES string of the molecule is CCc1ccccc1CCc1c[nH]c2ccc(Cl)cc12. The fraction of sp³-hybridized carbons (Fsp3) is 0.222. The second-order valence-electron chi connectivity index (χ2n) is 5.13. The van der Waals surface area contributed by atoms with Gasteiger partial charge in [0.25, 0.3) is 0 Å². The van der Waals surface area contributed by atoms with Crippen LogP contribution in [0, 0.1) is 0 Å². The molecule has 0 amide bonds. The number of aromatic nitrogens is 1. The Hall–Kier alpha value is -1.73. The molecule has 0 aliphatic carbocycles. The lowest BCUT2D eigenvalue weighted by atomic mass is 9.98. The van der Waals surface area contributed by atoms with E-state index in [0.717, 1.165) is 29.8 Å². The molecule has 0 aliphatic heterocycles. The average molecular weight is 284 g/mol. The first kappa shape index (κ1) is 13.3. The summed E-state index contributed by atoms with van der Waals surface area (Å²) < 4.78 is 0. The Morgan fingerprint density at radius 1 is 0.950 bits per heavy atom. The van der Waals surface area contributed by atoms with Crippen molar-refractivity contribution in [3.63, 3.8) is 0 Å². The summed E-state index contributed by atoms with van der Waals surface area (Å²) in [5, 5.41) is 2.04. The predicted molar refractivity (Wildman–Crippen MR) is 86.5 cm³/mol. The summed E-state index contributed by atoms with van der Waals surface area (Å²) >= 11 is 6.10. The van der Waals surface area contributed by atoms with Crippen LogP contribution in [0.4, 0.5) is 0 Å². The summed E-state index contributed by atoms with van der Waals surface area (Å²) in [6.07, 6.45) is 5.31. The summed E-state index contributed by atoms with van der Waals surface area (Å²) in [6.45, 7) is 2.21. The first-order valence-electron chi connectivity index (χ1n) is 7.10. The van der Waals surface area contributed by atoms with Gasteiger partial charge in [-0.1, -0.05) is 42.8 Å². The van der Waals surface area contributed by atoms with Crippen molar-refractivity contribution >= 4 is 22.5 Å². The number of aryl methyl sites for hydroxylation is 3. The van der Waals surface area contributed by atoms with Gasteiger partial charge in [0.05, 0.1) is 0 Å². The van der Waals surface area contributed by atoms with Gasteiger partial charge in [0, 0.05) is 22.1 Å². The van der Waals surface area contributed by atoms with Gasteiger partial charge in [-0.2, -0.15) is 0 Å². The molecule has 3 rings (SSSR count). The summed E-state index contributed by atoms with van der Waals surface area (Å²) in [5.41, 5.74) is 5.40. The van der Waals surface area contributed by atoms with Crippen LogP contribution in [0.2, 0.25) is 5.02 Å². The van der Waals surface area contributed by atoms with E-state index in [1.54, 1.807) is 0 Å². The zero-order valence-corrected chi connectivity index (χ0v) is 12.4. The maximum Gasteiger partial charge on any atom is 0.0457 e. The second-order valence-corrected chi connectivity index (χ2v) is 5.56. The van der Waals surface area contributed by atoms with Gasteiger partial charge in [-0.15, -0.1) is 0 Å². The Kier molecular flexibility index (Phi) is 3.79. The number of nitrogens with one attached hydrogen (secondary N) is 1. The van der Waals surface area contributed by atoms with E-state index in [9.17, 15) is 0 Å². The number of rotatable bonds is 4. The molecule has 0 atom stereocenters. The Balaban J connectivity index is 1.85. The third-order valence-corrected chi connectivity index (χ3v) is 4.13. The molecular weight excluding hydrogens is 266 g/mol. The van der Waals surface area contributed by atoms with E-state index < -0.39 is 0 Å². The van der Waals surface area contributed by atoms with Crippen molar-refractivity contribution in [2.75, 3.05) is 0 Å². The van der Waals surface area contributed by atoms with Gasteiger partial charge in [0.2, 0.25) is 0 Å². The molecule has 1 nitrogen and oxygen atoms in total. The van der Waals surface area contributed by atoms with Crippen LogP contribution in [0.3, 0.4) is 0 Å². The highest BCUT2D eigenvalue weighted by Crippen LogP contribution is 2.24. The molecule has 0 fully saturated rings. The lowest BCUT2D eigenvalue weighted by Gasteiger charge is -2.07. The first-order chi connectivity index (χ1) is 9.78. The molecule has 0 unspecified atom stereocenters. The molecule has 2 aromatic carbocycles. The van der Waals surface area contributed by atoms with Gasteiger partial charge in [0.1, 0.15) is 0 Å². The number of H-pyrrole nitrogens is 1. The Bertz CT molecular complexity index is 727. The minimum Gasteiger partial charge on any atom is -0.361 e. The quantitative estimate of drug-likeness (QED) is 0.680. The standard InChI is InChI=1S/C18H18ClN/c1-2-13-5-3-4-6-14(13)7-8-15-12-20-18-10-9-16(19)11-17(15)18/h3-6,9-12,20H,2,7-8H2,1H3. The zero-order valence-electron chi connectivity index (χ0n) is 11.6. The number of aromatic amines is 1. The minimum atomic E-state index is 0.798. The summed E-state index contributed by atoms with van der Waals surface area (Å²) in [6, 6.07) is 14.7. The molecule has 0 spiro atoms. The molecule has 0 aliphatic rings. The van der Waals surface area contributed by atoms with Crippen LogP contribution in [-0.4, -0.2) is 4.98 Å². The largest absolute Gasteiger partial charge is 0.361 e. The van der Waals surface area contributed by atoms with Gasteiger partial charge in [-0.25, -0.2) is 0 Å². The lowest BCUT2D eigenvalue weighted by Crippen LogP contribution is -1.95. The topological polar surface area (TPSA) is 15.8 Å². The third-order valence-electron chi connectivity index (χ3n) is 3.89. The molecule has 20 heavy (non-hydrogen) atoms. The van der Waals surface area contributed by atoms with E-state index >= 15 is 0 Å². The molecule has 0 bridgehead atoms. The van der Waals surface area contributed by atoms with Crippen LogP contribution in [0.15, 0.2) is 48.7 Å². The van der Waals surface area contributed by atoms with Gasteiger partial charge < -0.3 is 4.98 Å². The minimum absolute atomic E-state index is 0.798. The molecule has 0 radical (unpaired) electrons. The molecule has 0 saturated carbocycles. The highest BCUT2D eigenvalue weighted by molar-refractivity contribution is 6.31. The maximum atomic E-state index is 6.10. The van der Waals surface area contributed by atoms with E-state index in [-0.39, 0.29) is 0 Å². The van der Waals surface area contributed by atoms with E-state index in [1.807, 2.05) is 12.1 Å². The monoisotopic (exact) mass is 283 g/mol. The summed E-state index contributed by atoms with van der Waals surface area (Å²) in [5.74, 6) is 0. The van der Waals surface area contributed by atoms with Crippen molar-refractivity contribution in [3.8, 4) is 0 Å². The Morgan fingerprint density at radius 3 is 2.50 bits per heavy atom. The van der Waals surface area contributed by atoms with Gasteiger partial charge in [-0.3, -0.25) is 0 Å². The van der Waals surface area contributed by atoms with Crippen molar-refractivity contribution in [2.45, 2.75) is 26.2 Å². The maximum absolute atomic E-state index is 6.10. The van der Waals surface area contributed by atoms with Gasteiger partial charge in [0.15, 0.2) is 0 Å². The van der Waals surface area contributed by atoms with Crippen molar-refractivity contribution in [1.29, 1.82) is 0 Å². The second kappa shape index (κ2) is 5.72. The number of fused-ring (bicyclic) bond motifs is 1. The van der Waals surface area contributed by atoms with Crippen LogP contribution < -0.4 is 0 Å². The van der Waals surface area contributed by atoms with E-state index in [4.69, 9.17) is 11.6 Å². The van der Waals surface area contributed by atoms with E-state index in [0.29, 0.717) is 0 Å². The molecule has 3 aromatic rings. The Morgan fingerprint density at radius 2 is 1.70 bits per heavy atom. The van der Waals surface area contributed by atoms with Gasteiger partial charge in [-0.05, 0) is 54.2 Å². The molecule has 1 heterocycles. The number of halogens is 1. The summed E-state index contributed by atoms with van der Waals surface area (Å²) in [4.78, 5) is 3.32. The van der Waals surface area contributed by atoms with Crippen LogP contribution >= 0.6 is 11.6 Å².